The van der Waals surface area contributed by atoms with Crippen LogP contribution >= 0.6 is 0 Å². The van der Waals surface area contributed by atoms with Gasteiger partial charge in [-0.1, -0.05) is 48.5 Å². The molecule has 3 aromatic carbocycles. The summed E-state index contributed by atoms with van der Waals surface area (Å²) in [5, 5.41) is 12.9. The number of aromatic nitrogens is 1. The lowest BCUT2D eigenvalue weighted by Gasteiger charge is -2.11. The smallest absolute Gasteiger partial charge is 0.289 e. The van der Waals surface area contributed by atoms with Gasteiger partial charge in [0.1, 0.15) is 5.75 Å². The minimum Gasteiger partial charge on any atom is -0.507 e. The van der Waals surface area contributed by atoms with E-state index in [2.05, 4.69) is 6.07 Å². The number of carbonyl (C=O) groups is 2. The van der Waals surface area contributed by atoms with Gasteiger partial charge in [-0.25, -0.2) is 0 Å². The third-order valence-electron chi connectivity index (χ3n) is 4.99. The fourth-order valence-corrected chi connectivity index (χ4v) is 3.71. The highest BCUT2D eigenvalue weighted by Crippen LogP contribution is 2.34. The molecule has 4 rings (SSSR count). The SMILES string of the molecule is Cc1c(C(=O)C(N)=O)c2c(O)cccc2n1Cc1cccc2ccccc12. The Kier molecular flexibility index (Phi) is 3.92. The van der Waals surface area contributed by atoms with Crippen LogP contribution in [0.4, 0.5) is 0 Å². The maximum absolute atomic E-state index is 12.4. The van der Waals surface area contributed by atoms with Gasteiger partial charge in [0.25, 0.3) is 11.7 Å². The molecule has 3 N–H and O–H groups in total. The summed E-state index contributed by atoms with van der Waals surface area (Å²) in [4.78, 5) is 23.9. The average Bonchev–Trinajstić information content (AvgIpc) is 2.94. The van der Waals surface area contributed by atoms with Gasteiger partial charge >= 0.3 is 0 Å². The first-order chi connectivity index (χ1) is 13.0. The number of primary amides is 1. The van der Waals surface area contributed by atoms with Gasteiger partial charge in [0.15, 0.2) is 0 Å². The minimum atomic E-state index is -1.04. The van der Waals surface area contributed by atoms with E-state index in [0.29, 0.717) is 23.1 Å². The van der Waals surface area contributed by atoms with Crippen LogP contribution in [-0.4, -0.2) is 21.4 Å². The molecule has 1 heterocycles. The fraction of sp³-hybridized carbons (Fsp3) is 0.0909. The summed E-state index contributed by atoms with van der Waals surface area (Å²) >= 11 is 0. The second kappa shape index (κ2) is 6.29. The Morgan fingerprint density at radius 1 is 1.00 bits per heavy atom. The number of Topliss-reactive ketones (excluding diaryl/α,β-unsaturated/α-hetero) is 1. The molecule has 0 aliphatic carbocycles. The Bertz CT molecular complexity index is 1220. The second-order valence-electron chi connectivity index (χ2n) is 6.55. The topological polar surface area (TPSA) is 85.3 Å². The molecule has 0 bridgehead atoms. The van der Waals surface area contributed by atoms with Gasteiger partial charge < -0.3 is 15.4 Å². The molecule has 0 aliphatic rings. The number of amides is 1. The van der Waals surface area contributed by atoms with Gasteiger partial charge in [-0.2, -0.15) is 0 Å². The molecule has 0 saturated carbocycles. The van der Waals surface area contributed by atoms with Gasteiger partial charge in [0.2, 0.25) is 0 Å². The van der Waals surface area contributed by atoms with Crippen molar-refractivity contribution in [2.24, 2.45) is 5.73 Å². The van der Waals surface area contributed by atoms with Crippen LogP contribution in [-0.2, 0) is 11.3 Å². The third kappa shape index (κ3) is 2.64. The number of nitrogens with two attached hydrogens (primary N) is 1. The van der Waals surface area contributed by atoms with Crippen molar-refractivity contribution < 1.29 is 14.7 Å². The molecule has 0 radical (unpaired) electrons. The van der Waals surface area contributed by atoms with E-state index >= 15 is 0 Å². The summed E-state index contributed by atoms with van der Waals surface area (Å²) in [6.45, 7) is 2.26. The first kappa shape index (κ1) is 16.8. The maximum atomic E-state index is 12.4. The minimum absolute atomic E-state index is 0.0446. The molecular formula is C22H18N2O3. The standard InChI is InChI=1S/C22H18N2O3/c1-13-19(21(26)22(23)27)20-17(10-5-11-18(20)25)24(13)12-15-8-4-7-14-6-2-3-9-16(14)15/h2-11,25H,12H2,1H3,(H2,23,27). The Morgan fingerprint density at radius 3 is 2.48 bits per heavy atom. The third-order valence-corrected chi connectivity index (χ3v) is 4.99. The Morgan fingerprint density at radius 2 is 1.70 bits per heavy atom. The van der Waals surface area contributed by atoms with Crippen LogP contribution in [0.15, 0.2) is 60.7 Å². The van der Waals surface area contributed by atoms with Crippen molar-refractivity contribution in [3.8, 4) is 5.75 Å². The van der Waals surface area contributed by atoms with E-state index in [-0.39, 0.29) is 11.3 Å². The van der Waals surface area contributed by atoms with Crippen molar-refractivity contribution in [2.45, 2.75) is 13.5 Å². The first-order valence-electron chi connectivity index (χ1n) is 8.60. The Hall–Kier alpha value is -3.60. The van der Waals surface area contributed by atoms with Crippen molar-refractivity contribution in [1.82, 2.24) is 4.57 Å². The van der Waals surface area contributed by atoms with Crippen LogP contribution in [0.5, 0.6) is 5.75 Å². The van der Waals surface area contributed by atoms with Crippen LogP contribution in [0.2, 0.25) is 0 Å². The number of ketones is 1. The largest absolute Gasteiger partial charge is 0.507 e. The quantitative estimate of drug-likeness (QED) is 0.432. The predicted molar refractivity (Wildman–Crippen MR) is 105 cm³/mol. The summed E-state index contributed by atoms with van der Waals surface area (Å²) < 4.78 is 1.94. The van der Waals surface area contributed by atoms with E-state index in [1.54, 1.807) is 13.0 Å². The average molecular weight is 358 g/mol. The van der Waals surface area contributed by atoms with E-state index in [1.165, 1.54) is 6.07 Å². The van der Waals surface area contributed by atoms with Crippen molar-refractivity contribution in [2.75, 3.05) is 0 Å². The summed E-state index contributed by atoms with van der Waals surface area (Å²) in [7, 11) is 0. The Labute approximate surface area is 155 Å². The van der Waals surface area contributed by atoms with Gasteiger partial charge in [-0.3, -0.25) is 9.59 Å². The molecule has 0 unspecified atom stereocenters. The van der Waals surface area contributed by atoms with Crippen molar-refractivity contribution in [3.63, 3.8) is 0 Å². The molecule has 134 valence electrons. The number of fused-ring (bicyclic) bond motifs is 2. The van der Waals surface area contributed by atoms with Crippen LogP contribution in [0.25, 0.3) is 21.7 Å². The van der Waals surface area contributed by atoms with E-state index < -0.39 is 11.7 Å². The second-order valence-corrected chi connectivity index (χ2v) is 6.55. The summed E-state index contributed by atoms with van der Waals surface area (Å²) in [5.41, 5.74) is 7.76. The lowest BCUT2D eigenvalue weighted by Crippen LogP contribution is -2.23. The molecule has 0 atom stereocenters. The number of benzene rings is 3. The number of aromatic hydroxyl groups is 1. The molecule has 27 heavy (non-hydrogen) atoms. The zero-order chi connectivity index (χ0) is 19.1. The molecule has 1 amide bonds. The number of hydrogen-bond acceptors (Lipinski definition) is 3. The number of phenolic OH excluding ortho intramolecular Hbond substituents is 1. The van der Waals surface area contributed by atoms with E-state index in [4.69, 9.17) is 5.73 Å². The fourth-order valence-electron chi connectivity index (χ4n) is 3.71. The van der Waals surface area contributed by atoms with E-state index in [1.807, 2.05) is 47.0 Å². The molecule has 4 aromatic rings. The zero-order valence-corrected chi connectivity index (χ0v) is 14.8. The molecule has 0 aliphatic heterocycles. The molecule has 0 spiro atoms. The highest BCUT2D eigenvalue weighted by Gasteiger charge is 2.25. The summed E-state index contributed by atoms with van der Waals surface area (Å²) in [6, 6.07) is 19.2. The lowest BCUT2D eigenvalue weighted by molar-refractivity contribution is -0.114. The maximum Gasteiger partial charge on any atom is 0.289 e. The molecule has 1 aromatic heterocycles. The number of nitrogens with zero attached hydrogens (tertiary/aromatic N) is 1. The Balaban J connectivity index is 1.97. The van der Waals surface area contributed by atoms with Crippen molar-refractivity contribution in [3.05, 3.63) is 77.5 Å². The van der Waals surface area contributed by atoms with Crippen LogP contribution in [0.1, 0.15) is 21.6 Å². The van der Waals surface area contributed by atoms with Crippen LogP contribution < -0.4 is 5.73 Å². The van der Waals surface area contributed by atoms with E-state index in [9.17, 15) is 14.7 Å². The molecule has 0 saturated heterocycles. The van der Waals surface area contributed by atoms with Gasteiger partial charge in [0.05, 0.1) is 16.5 Å². The number of carbonyl (C=O) groups excluding carboxylic acids is 2. The number of hydrogen-bond donors (Lipinski definition) is 2. The van der Waals surface area contributed by atoms with Crippen molar-refractivity contribution in [1.29, 1.82) is 0 Å². The molecular weight excluding hydrogens is 340 g/mol. The number of phenols is 1. The zero-order valence-electron chi connectivity index (χ0n) is 14.8. The monoisotopic (exact) mass is 358 g/mol. The summed E-state index contributed by atoms with van der Waals surface area (Å²) in [6.07, 6.45) is 0. The highest BCUT2D eigenvalue weighted by atomic mass is 16.3. The van der Waals surface area contributed by atoms with Gasteiger partial charge in [-0.15, -0.1) is 0 Å². The number of rotatable bonds is 4. The molecule has 5 nitrogen and oxygen atoms in total. The molecule has 0 fully saturated rings. The first-order valence-corrected chi connectivity index (χ1v) is 8.60. The van der Waals surface area contributed by atoms with Crippen LogP contribution in [0, 0.1) is 6.92 Å². The van der Waals surface area contributed by atoms with Crippen molar-refractivity contribution >= 4 is 33.4 Å². The van der Waals surface area contributed by atoms with Crippen LogP contribution in [0.3, 0.4) is 0 Å². The normalized spacial score (nSPS) is 11.1. The lowest BCUT2D eigenvalue weighted by atomic mass is 10.0. The van der Waals surface area contributed by atoms with Gasteiger partial charge in [-0.05, 0) is 35.4 Å². The summed E-state index contributed by atoms with van der Waals surface area (Å²) in [5.74, 6) is -1.88. The highest BCUT2D eigenvalue weighted by molar-refractivity contribution is 6.45. The van der Waals surface area contributed by atoms with Gasteiger partial charge in [0, 0.05) is 12.2 Å². The predicted octanol–water partition coefficient (Wildman–Crippen LogP) is 3.52. The molecule has 5 heteroatoms. The van der Waals surface area contributed by atoms with E-state index in [0.717, 1.165) is 16.3 Å².